The lowest BCUT2D eigenvalue weighted by Gasteiger charge is -2.24. The van der Waals surface area contributed by atoms with Crippen LogP contribution in [0, 0.1) is 0 Å². The van der Waals surface area contributed by atoms with Crippen molar-refractivity contribution in [3.8, 4) is 0 Å². The third kappa shape index (κ3) is 2.89. The van der Waals surface area contributed by atoms with E-state index >= 15 is 0 Å². The number of nitrogens with one attached hydrogen (secondary N) is 2. The zero-order valence-electron chi connectivity index (χ0n) is 11.4. The number of rotatable bonds is 4. The fourth-order valence-corrected chi connectivity index (χ4v) is 2.58. The highest BCUT2D eigenvalue weighted by Crippen LogP contribution is 2.20. The van der Waals surface area contributed by atoms with Crippen LogP contribution in [0.1, 0.15) is 32.1 Å². The van der Waals surface area contributed by atoms with E-state index in [9.17, 15) is 0 Å². The molecule has 3 rings (SSSR count). The van der Waals surface area contributed by atoms with Crippen LogP contribution in [0.5, 0.6) is 0 Å². The van der Waals surface area contributed by atoms with E-state index in [4.69, 9.17) is 4.42 Å². The van der Waals surface area contributed by atoms with Gasteiger partial charge < -0.3 is 15.1 Å². The van der Waals surface area contributed by atoms with Gasteiger partial charge in [0, 0.05) is 24.7 Å². The molecule has 1 atom stereocenters. The van der Waals surface area contributed by atoms with Gasteiger partial charge >= 0.3 is 0 Å². The molecule has 4 heteroatoms. The van der Waals surface area contributed by atoms with Crippen LogP contribution >= 0.6 is 0 Å². The van der Waals surface area contributed by atoms with Gasteiger partial charge in [0.15, 0.2) is 11.5 Å². The van der Waals surface area contributed by atoms with E-state index in [0.717, 1.165) is 42.2 Å². The minimum absolute atomic E-state index is 0.591. The summed E-state index contributed by atoms with van der Waals surface area (Å²) >= 11 is 0. The maximum absolute atomic E-state index is 5.62. The Bertz CT molecular complexity index is 543. The van der Waals surface area contributed by atoms with Gasteiger partial charge in [-0.05, 0) is 37.6 Å². The van der Waals surface area contributed by atoms with Crippen molar-refractivity contribution >= 4 is 16.8 Å². The number of nitrogens with zero attached hydrogens (tertiary/aromatic N) is 1. The molecule has 0 bridgehead atoms. The second-order valence-corrected chi connectivity index (χ2v) is 5.17. The van der Waals surface area contributed by atoms with E-state index in [2.05, 4.69) is 34.7 Å². The van der Waals surface area contributed by atoms with Gasteiger partial charge in [-0.1, -0.05) is 13.3 Å². The number of aromatic nitrogens is 1. The summed E-state index contributed by atoms with van der Waals surface area (Å²) in [7, 11) is 0. The van der Waals surface area contributed by atoms with Gasteiger partial charge in [0.2, 0.25) is 0 Å². The van der Waals surface area contributed by atoms with E-state index in [-0.39, 0.29) is 0 Å². The van der Waals surface area contributed by atoms with Crippen LogP contribution in [0.3, 0.4) is 0 Å². The molecule has 2 heterocycles. The largest absolute Gasteiger partial charge is 0.441 e. The third-order valence-electron chi connectivity index (χ3n) is 3.70. The summed E-state index contributed by atoms with van der Waals surface area (Å²) in [4.78, 5) is 4.46. The third-order valence-corrected chi connectivity index (χ3v) is 3.70. The van der Waals surface area contributed by atoms with Crippen molar-refractivity contribution < 1.29 is 4.42 Å². The number of benzene rings is 1. The molecule has 0 spiro atoms. The minimum Gasteiger partial charge on any atom is -0.441 e. The van der Waals surface area contributed by atoms with Gasteiger partial charge in [0.05, 0.1) is 0 Å². The highest BCUT2D eigenvalue weighted by Gasteiger charge is 2.12. The number of hydrogen-bond acceptors (Lipinski definition) is 4. The monoisotopic (exact) mass is 259 g/mol. The zero-order chi connectivity index (χ0) is 13.1. The molecule has 19 heavy (non-hydrogen) atoms. The minimum atomic E-state index is 0.591. The van der Waals surface area contributed by atoms with Crippen molar-refractivity contribution in [2.45, 2.75) is 38.6 Å². The summed E-state index contributed by atoms with van der Waals surface area (Å²) in [5.74, 6) is 0.807. The average molecular weight is 259 g/mol. The quantitative estimate of drug-likeness (QED) is 0.886. The number of anilines is 1. The lowest BCUT2D eigenvalue weighted by Crippen LogP contribution is -2.39. The van der Waals surface area contributed by atoms with E-state index in [1.807, 2.05) is 6.07 Å². The summed E-state index contributed by atoms with van der Waals surface area (Å²) in [6, 6.07) is 6.72. The first kappa shape index (κ1) is 12.5. The van der Waals surface area contributed by atoms with Crippen LogP contribution in [0.4, 0.5) is 5.69 Å². The Hall–Kier alpha value is -1.55. The van der Waals surface area contributed by atoms with Crippen LogP contribution in [0.15, 0.2) is 22.6 Å². The van der Waals surface area contributed by atoms with Crippen LogP contribution < -0.4 is 10.6 Å². The normalized spacial score (nSPS) is 19.7. The van der Waals surface area contributed by atoms with Crippen LogP contribution in [0.25, 0.3) is 11.1 Å². The Morgan fingerprint density at radius 3 is 3.16 bits per heavy atom. The lowest BCUT2D eigenvalue weighted by atomic mass is 10.1. The lowest BCUT2D eigenvalue weighted by molar-refractivity contribution is 0.414. The summed E-state index contributed by atoms with van der Waals surface area (Å²) in [5.41, 5.74) is 2.94. The van der Waals surface area contributed by atoms with Gasteiger partial charge in [-0.2, -0.15) is 0 Å². The van der Waals surface area contributed by atoms with Gasteiger partial charge in [-0.25, -0.2) is 4.98 Å². The van der Waals surface area contributed by atoms with Crippen molar-refractivity contribution in [3.05, 3.63) is 24.1 Å². The Balaban J connectivity index is 1.66. The van der Waals surface area contributed by atoms with Crippen molar-refractivity contribution in [1.82, 2.24) is 10.3 Å². The first-order valence-corrected chi connectivity index (χ1v) is 7.22. The zero-order valence-corrected chi connectivity index (χ0v) is 11.4. The highest BCUT2D eigenvalue weighted by molar-refractivity contribution is 5.77. The number of aryl methyl sites for hydroxylation is 1. The molecule has 1 unspecified atom stereocenters. The van der Waals surface area contributed by atoms with E-state index in [0.29, 0.717) is 6.04 Å². The smallest absolute Gasteiger partial charge is 0.195 e. The fraction of sp³-hybridized carbons (Fsp3) is 0.533. The van der Waals surface area contributed by atoms with E-state index in [1.54, 1.807) is 0 Å². The molecule has 4 nitrogen and oxygen atoms in total. The second-order valence-electron chi connectivity index (χ2n) is 5.17. The molecule has 1 saturated heterocycles. The Kier molecular flexibility index (Phi) is 3.69. The molecule has 0 saturated carbocycles. The first-order chi connectivity index (χ1) is 9.35. The SMILES string of the molecule is CCc1nc2cc(NCC3CCCCN3)ccc2o1. The number of hydrogen-bond donors (Lipinski definition) is 2. The molecule has 0 radical (unpaired) electrons. The first-order valence-electron chi connectivity index (χ1n) is 7.22. The molecule has 2 aromatic rings. The van der Waals surface area contributed by atoms with Crippen molar-refractivity contribution in [1.29, 1.82) is 0 Å². The van der Waals surface area contributed by atoms with Gasteiger partial charge in [0.1, 0.15) is 5.52 Å². The van der Waals surface area contributed by atoms with Gasteiger partial charge in [0.25, 0.3) is 0 Å². The molecular weight excluding hydrogens is 238 g/mol. The van der Waals surface area contributed by atoms with Crippen molar-refractivity contribution in [3.63, 3.8) is 0 Å². The average Bonchev–Trinajstić information content (AvgIpc) is 2.88. The molecule has 0 amide bonds. The molecule has 0 aliphatic carbocycles. The van der Waals surface area contributed by atoms with Crippen molar-refractivity contribution in [2.75, 3.05) is 18.4 Å². The summed E-state index contributed by atoms with van der Waals surface area (Å²) < 4.78 is 5.62. The van der Waals surface area contributed by atoms with E-state index in [1.165, 1.54) is 19.3 Å². The second kappa shape index (κ2) is 5.61. The maximum Gasteiger partial charge on any atom is 0.195 e. The number of piperidine rings is 1. The Morgan fingerprint density at radius 2 is 2.37 bits per heavy atom. The van der Waals surface area contributed by atoms with E-state index < -0.39 is 0 Å². The number of fused-ring (bicyclic) bond motifs is 1. The summed E-state index contributed by atoms with van der Waals surface area (Å²) in [5, 5.41) is 7.03. The highest BCUT2D eigenvalue weighted by atomic mass is 16.3. The molecule has 1 aromatic heterocycles. The van der Waals surface area contributed by atoms with Crippen LogP contribution in [-0.2, 0) is 6.42 Å². The Labute approximate surface area is 113 Å². The molecule has 2 N–H and O–H groups in total. The van der Waals surface area contributed by atoms with Gasteiger partial charge in [-0.3, -0.25) is 0 Å². The predicted molar refractivity (Wildman–Crippen MR) is 77.5 cm³/mol. The predicted octanol–water partition coefficient (Wildman–Crippen LogP) is 2.94. The summed E-state index contributed by atoms with van der Waals surface area (Å²) in [6.45, 7) is 4.18. The fourth-order valence-electron chi connectivity index (χ4n) is 2.58. The van der Waals surface area contributed by atoms with Gasteiger partial charge in [-0.15, -0.1) is 0 Å². The summed E-state index contributed by atoms with van der Waals surface area (Å²) in [6.07, 6.45) is 4.74. The van der Waals surface area contributed by atoms with Crippen LogP contribution in [-0.4, -0.2) is 24.1 Å². The molecule has 1 aliphatic heterocycles. The van der Waals surface area contributed by atoms with Crippen molar-refractivity contribution in [2.24, 2.45) is 0 Å². The molecule has 1 fully saturated rings. The van der Waals surface area contributed by atoms with Crippen LogP contribution in [0.2, 0.25) is 0 Å². The Morgan fingerprint density at radius 1 is 1.42 bits per heavy atom. The molecule has 1 aromatic carbocycles. The number of oxazole rings is 1. The standard InChI is InChI=1S/C15H21N3O/c1-2-15-18-13-9-11(6-7-14(13)19-15)17-10-12-5-3-4-8-16-12/h6-7,9,12,16-17H,2-5,8,10H2,1H3. The maximum atomic E-state index is 5.62. The topological polar surface area (TPSA) is 50.1 Å². The molecule has 1 aliphatic rings. The molecule has 102 valence electrons. The molecular formula is C15H21N3O.